The van der Waals surface area contributed by atoms with Gasteiger partial charge in [0.1, 0.15) is 0 Å². The molecule has 0 aliphatic heterocycles. The fourth-order valence-corrected chi connectivity index (χ4v) is 0. The molecular formula is C4H12Mg. The molecule has 0 saturated heterocycles. The molecule has 0 aliphatic carbocycles. The number of unbranched alkanes of at least 4 members (excludes halogenated alkanes) is 1. The van der Waals surface area contributed by atoms with Crippen molar-refractivity contribution in [1.29, 1.82) is 0 Å². The molecule has 0 aromatic carbocycles. The summed E-state index contributed by atoms with van der Waals surface area (Å²) in [5, 5.41) is 0. The van der Waals surface area contributed by atoms with Crippen molar-refractivity contribution in [3.8, 4) is 0 Å². The van der Waals surface area contributed by atoms with Gasteiger partial charge in [-0.2, -0.15) is 0 Å². The Labute approximate surface area is 53.1 Å². The van der Waals surface area contributed by atoms with Crippen LogP contribution in [0.3, 0.4) is 0 Å². The van der Waals surface area contributed by atoms with Crippen molar-refractivity contribution in [3.05, 3.63) is 0 Å². The zero-order chi connectivity index (χ0) is 3.41. The van der Waals surface area contributed by atoms with Gasteiger partial charge in [-0.3, -0.25) is 0 Å². The van der Waals surface area contributed by atoms with Gasteiger partial charge in [-0.25, -0.2) is 0 Å². The summed E-state index contributed by atoms with van der Waals surface area (Å²) < 4.78 is 0. The summed E-state index contributed by atoms with van der Waals surface area (Å²) in [6, 6.07) is 0. The minimum absolute atomic E-state index is 0. The largest absolute Gasteiger partial charge is 2.00 e. The zero-order valence-electron chi connectivity index (χ0n) is 6.12. The molecule has 0 aliphatic rings. The molecule has 0 nitrogen and oxygen atoms in total. The molecule has 0 saturated carbocycles. The van der Waals surface area contributed by atoms with Crippen LogP contribution in [-0.4, -0.2) is 23.1 Å². The maximum absolute atomic E-state index is 2.18. The molecule has 0 atom stereocenters. The number of rotatable bonds is 1. The zero-order valence-corrected chi connectivity index (χ0v) is 5.54. The van der Waals surface area contributed by atoms with Gasteiger partial charge in [0.15, 0.2) is 0 Å². The van der Waals surface area contributed by atoms with E-state index in [1.54, 1.807) is 0 Å². The Bertz CT molecular complexity index is 11.7. The Morgan fingerprint density at radius 3 is 1.40 bits per heavy atom. The minimum Gasteiger partial charge on any atom is -1.00 e. The summed E-state index contributed by atoms with van der Waals surface area (Å²) in [5.74, 6) is 0. The molecule has 1 heteroatoms. The molecule has 5 heavy (non-hydrogen) atoms. The van der Waals surface area contributed by atoms with Crippen LogP contribution in [0.25, 0.3) is 0 Å². The van der Waals surface area contributed by atoms with Crippen LogP contribution in [0.1, 0.15) is 29.5 Å². The molecule has 0 aromatic heterocycles. The van der Waals surface area contributed by atoms with E-state index < -0.39 is 0 Å². The van der Waals surface area contributed by atoms with Gasteiger partial charge in [-0.15, -0.1) is 0 Å². The van der Waals surface area contributed by atoms with Gasteiger partial charge >= 0.3 is 23.1 Å². The number of hydrogen-bond acceptors (Lipinski definition) is 0. The second kappa shape index (κ2) is 8.84. The summed E-state index contributed by atoms with van der Waals surface area (Å²) in [5.41, 5.74) is 0. The molecule has 0 bridgehead atoms. The fourth-order valence-electron chi connectivity index (χ4n) is 0. The summed E-state index contributed by atoms with van der Waals surface area (Å²) in [6.07, 6.45) is 2.64. The molecule has 30 valence electrons. The first kappa shape index (κ1) is 9.23. The Morgan fingerprint density at radius 2 is 1.40 bits per heavy atom. The van der Waals surface area contributed by atoms with E-state index in [2.05, 4.69) is 13.8 Å². The van der Waals surface area contributed by atoms with Gasteiger partial charge < -0.3 is 2.85 Å². The van der Waals surface area contributed by atoms with E-state index in [9.17, 15) is 0 Å². The molecular weight excluding hydrogens is 72.3 g/mol. The van der Waals surface area contributed by atoms with Crippen molar-refractivity contribution in [2.45, 2.75) is 26.7 Å². The van der Waals surface area contributed by atoms with Gasteiger partial charge in [0.05, 0.1) is 0 Å². The molecule has 0 aromatic rings. The van der Waals surface area contributed by atoms with E-state index in [0.717, 1.165) is 0 Å². The van der Waals surface area contributed by atoms with Crippen molar-refractivity contribution < 1.29 is 2.85 Å². The first-order valence-electron chi connectivity index (χ1n) is 1.91. The fraction of sp³-hybridized carbons (Fsp3) is 1.00. The minimum atomic E-state index is 0. The summed E-state index contributed by atoms with van der Waals surface area (Å²) >= 11 is 0. The van der Waals surface area contributed by atoms with Crippen LogP contribution in [0.15, 0.2) is 0 Å². The van der Waals surface area contributed by atoms with Crippen molar-refractivity contribution in [2.75, 3.05) is 0 Å². The average molecular weight is 84.4 g/mol. The number of hydrogen-bond donors (Lipinski definition) is 0. The molecule has 0 amide bonds. The topological polar surface area (TPSA) is 0 Å². The van der Waals surface area contributed by atoms with Crippen LogP contribution >= 0.6 is 0 Å². The van der Waals surface area contributed by atoms with Gasteiger partial charge in [0.25, 0.3) is 0 Å². The van der Waals surface area contributed by atoms with Crippen LogP contribution in [0, 0.1) is 0 Å². The Morgan fingerprint density at radius 1 is 1.20 bits per heavy atom. The third kappa shape index (κ3) is 11.7. The molecule has 0 heterocycles. The summed E-state index contributed by atoms with van der Waals surface area (Å²) in [6.45, 7) is 4.36. The Balaban J connectivity index is -0.0000000150. The van der Waals surface area contributed by atoms with Crippen LogP contribution < -0.4 is 0 Å². The van der Waals surface area contributed by atoms with Crippen LogP contribution in [0.2, 0.25) is 0 Å². The Hall–Kier alpha value is 0.766. The van der Waals surface area contributed by atoms with E-state index in [1.807, 2.05) is 0 Å². The monoisotopic (exact) mass is 84.1 g/mol. The van der Waals surface area contributed by atoms with E-state index in [-0.39, 0.29) is 25.9 Å². The van der Waals surface area contributed by atoms with Crippen molar-refractivity contribution >= 4 is 23.1 Å². The first-order valence-corrected chi connectivity index (χ1v) is 1.91. The second-order valence-electron chi connectivity index (χ2n) is 1.000. The third-order valence-electron chi connectivity index (χ3n) is 0.500. The van der Waals surface area contributed by atoms with Gasteiger partial charge in [0.2, 0.25) is 0 Å². The quantitative estimate of drug-likeness (QED) is 0.424. The van der Waals surface area contributed by atoms with E-state index in [0.29, 0.717) is 0 Å². The summed E-state index contributed by atoms with van der Waals surface area (Å²) in [7, 11) is 0. The molecule has 0 unspecified atom stereocenters. The van der Waals surface area contributed by atoms with Crippen molar-refractivity contribution in [2.24, 2.45) is 0 Å². The molecule has 0 N–H and O–H groups in total. The van der Waals surface area contributed by atoms with E-state index in [4.69, 9.17) is 0 Å². The molecule has 0 radical (unpaired) electrons. The van der Waals surface area contributed by atoms with Crippen LogP contribution in [0.4, 0.5) is 0 Å². The van der Waals surface area contributed by atoms with Gasteiger partial charge in [-0.1, -0.05) is 26.7 Å². The van der Waals surface area contributed by atoms with Crippen molar-refractivity contribution in [1.82, 2.24) is 0 Å². The second-order valence-corrected chi connectivity index (χ2v) is 1.000. The Kier molecular flexibility index (Phi) is 16.3. The predicted octanol–water partition coefficient (Wildman–Crippen LogP) is 1.65. The van der Waals surface area contributed by atoms with Gasteiger partial charge in [-0.05, 0) is 0 Å². The SMILES string of the molecule is CCCC.[H-].[H-].[Mg+2]. The average Bonchev–Trinajstić information content (AvgIpc) is 1.37. The van der Waals surface area contributed by atoms with Crippen LogP contribution in [0.5, 0.6) is 0 Å². The third-order valence-corrected chi connectivity index (χ3v) is 0.500. The smallest absolute Gasteiger partial charge is 1.00 e. The summed E-state index contributed by atoms with van der Waals surface area (Å²) in [4.78, 5) is 0. The molecule has 0 fully saturated rings. The van der Waals surface area contributed by atoms with Gasteiger partial charge in [0, 0.05) is 0 Å². The maximum atomic E-state index is 2.18. The molecule has 0 spiro atoms. The van der Waals surface area contributed by atoms with E-state index >= 15 is 0 Å². The van der Waals surface area contributed by atoms with E-state index in [1.165, 1.54) is 12.8 Å². The van der Waals surface area contributed by atoms with Crippen LogP contribution in [-0.2, 0) is 0 Å². The normalized spacial score (nSPS) is 6.00. The standard InChI is InChI=1S/C4H10.Mg.2H/c1-3-4-2;;;/h3-4H2,1-2H3;;;/q;+2;2*-1. The predicted molar refractivity (Wildman–Crippen MR) is 28.6 cm³/mol. The maximum Gasteiger partial charge on any atom is 2.00 e. The first-order chi connectivity index (χ1) is 1.91. The van der Waals surface area contributed by atoms with Crippen molar-refractivity contribution in [3.63, 3.8) is 0 Å². The molecule has 0 rings (SSSR count).